The van der Waals surface area contributed by atoms with Crippen LogP contribution >= 0.6 is 11.6 Å². The molecule has 1 amide bonds. The van der Waals surface area contributed by atoms with E-state index >= 15 is 0 Å². The second-order valence-electron chi connectivity index (χ2n) is 5.67. The molecule has 0 aliphatic carbocycles. The number of piperidine rings is 1. The summed E-state index contributed by atoms with van der Waals surface area (Å²) in [5, 5.41) is 3.54. The largest absolute Gasteiger partial charge is 0.326 e. The number of anilines is 1. The van der Waals surface area contributed by atoms with Crippen LogP contribution in [0.15, 0.2) is 18.2 Å². The number of aryl methyl sites for hydroxylation is 1. The molecule has 1 aromatic carbocycles. The summed E-state index contributed by atoms with van der Waals surface area (Å²) in [6.07, 6.45) is 1.05. The summed E-state index contributed by atoms with van der Waals surface area (Å²) >= 11 is 5.95. The molecule has 1 saturated heterocycles. The van der Waals surface area contributed by atoms with Crippen LogP contribution in [-0.2, 0) is 4.79 Å². The van der Waals surface area contributed by atoms with Crippen molar-refractivity contribution in [2.24, 2.45) is 11.7 Å². The lowest BCUT2D eigenvalue weighted by Gasteiger charge is -2.34. The Morgan fingerprint density at radius 1 is 1.55 bits per heavy atom. The standard InChI is InChI=1S/C15H22ClN3O/c1-10-5-6-19(8-13(10)17)9-15(20)18-14-7-12(16)4-3-11(14)2/h3-4,7,10,13H,5-6,8-9,17H2,1-2H3,(H,18,20). The van der Waals surface area contributed by atoms with Gasteiger partial charge in [0.25, 0.3) is 0 Å². The van der Waals surface area contributed by atoms with Crippen molar-refractivity contribution < 1.29 is 4.79 Å². The SMILES string of the molecule is Cc1ccc(Cl)cc1NC(=O)CN1CCC(C)C(N)C1. The van der Waals surface area contributed by atoms with Gasteiger partial charge in [-0.2, -0.15) is 0 Å². The number of carbonyl (C=O) groups excluding carboxylic acids is 1. The maximum absolute atomic E-state index is 12.1. The first-order chi connectivity index (χ1) is 9.45. The highest BCUT2D eigenvalue weighted by Gasteiger charge is 2.24. The molecule has 0 radical (unpaired) electrons. The molecule has 1 heterocycles. The lowest BCUT2D eigenvalue weighted by molar-refractivity contribution is -0.117. The molecule has 1 aliphatic rings. The van der Waals surface area contributed by atoms with Crippen molar-refractivity contribution in [2.45, 2.75) is 26.3 Å². The summed E-state index contributed by atoms with van der Waals surface area (Å²) in [7, 11) is 0. The fourth-order valence-corrected chi connectivity index (χ4v) is 2.61. The first kappa shape index (κ1) is 15.3. The highest BCUT2D eigenvalue weighted by atomic mass is 35.5. The molecule has 2 unspecified atom stereocenters. The summed E-state index contributed by atoms with van der Waals surface area (Å²) in [6, 6.07) is 5.65. The first-order valence-corrected chi connectivity index (χ1v) is 7.37. The summed E-state index contributed by atoms with van der Waals surface area (Å²) < 4.78 is 0. The quantitative estimate of drug-likeness (QED) is 0.899. The average molecular weight is 296 g/mol. The summed E-state index contributed by atoms with van der Waals surface area (Å²) in [5.74, 6) is 0.515. The molecule has 4 nitrogen and oxygen atoms in total. The third kappa shape index (κ3) is 3.95. The number of hydrogen-bond acceptors (Lipinski definition) is 3. The number of nitrogens with one attached hydrogen (secondary N) is 1. The van der Waals surface area contributed by atoms with E-state index in [2.05, 4.69) is 17.1 Å². The number of hydrogen-bond donors (Lipinski definition) is 2. The zero-order chi connectivity index (χ0) is 14.7. The van der Waals surface area contributed by atoms with Crippen molar-refractivity contribution in [1.29, 1.82) is 0 Å². The summed E-state index contributed by atoms with van der Waals surface area (Å²) in [5.41, 5.74) is 7.83. The average Bonchev–Trinajstić information content (AvgIpc) is 2.38. The highest BCUT2D eigenvalue weighted by molar-refractivity contribution is 6.31. The van der Waals surface area contributed by atoms with Crippen LogP contribution < -0.4 is 11.1 Å². The lowest BCUT2D eigenvalue weighted by Crippen LogP contribution is -2.49. The molecule has 0 bridgehead atoms. The monoisotopic (exact) mass is 295 g/mol. The summed E-state index contributed by atoms with van der Waals surface area (Å²) in [4.78, 5) is 14.2. The van der Waals surface area contributed by atoms with Gasteiger partial charge in [0.05, 0.1) is 6.54 Å². The van der Waals surface area contributed by atoms with Gasteiger partial charge < -0.3 is 11.1 Å². The number of likely N-dealkylation sites (tertiary alicyclic amines) is 1. The Hall–Kier alpha value is -1.10. The van der Waals surface area contributed by atoms with Crippen LogP contribution in [0.4, 0.5) is 5.69 Å². The number of amides is 1. The van der Waals surface area contributed by atoms with Crippen LogP contribution in [0.25, 0.3) is 0 Å². The van der Waals surface area contributed by atoms with Crippen LogP contribution in [-0.4, -0.2) is 36.5 Å². The predicted molar refractivity (Wildman–Crippen MR) is 83.0 cm³/mol. The number of halogens is 1. The molecule has 20 heavy (non-hydrogen) atoms. The van der Waals surface area contributed by atoms with Crippen LogP contribution in [0.5, 0.6) is 0 Å². The zero-order valence-electron chi connectivity index (χ0n) is 12.0. The van der Waals surface area contributed by atoms with Crippen LogP contribution in [0.1, 0.15) is 18.9 Å². The van der Waals surface area contributed by atoms with E-state index in [4.69, 9.17) is 17.3 Å². The van der Waals surface area contributed by atoms with E-state index in [0.717, 1.165) is 30.8 Å². The van der Waals surface area contributed by atoms with Crippen molar-refractivity contribution in [3.8, 4) is 0 Å². The zero-order valence-corrected chi connectivity index (χ0v) is 12.8. The van der Waals surface area contributed by atoms with Crippen molar-refractivity contribution >= 4 is 23.2 Å². The van der Waals surface area contributed by atoms with Gasteiger partial charge in [-0.15, -0.1) is 0 Å². The lowest BCUT2D eigenvalue weighted by atomic mass is 9.94. The highest BCUT2D eigenvalue weighted by Crippen LogP contribution is 2.20. The Morgan fingerprint density at radius 2 is 2.30 bits per heavy atom. The van der Waals surface area contributed by atoms with Crippen molar-refractivity contribution in [1.82, 2.24) is 4.90 Å². The molecular formula is C15H22ClN3O. The second-order valence-corrected chi connectivity index (χ2v) is 6.11. The van der Waals surface area contributed by atoms with Gasteiger partial charge in [-0.25, -0.2) is 0 Å². The maximum Gasteiger partial charge on any atom is 0.238 e. The fourth-order valence-electron chi connectivity index (χ4n) is 2.43. The van der Waals surface area contributed by atoms with Crippen LogP contribution in [0, 0.1) is 12.8 Å². The smallest absolute Gasteiger partial charge is 0.238 e. The van der Waals surface area contributed by atoms with Gasteiger partial charge in [0.15, 0.2) is 0 Å². The molecule has 0 saturated carbocycles. The van der Waals surface area contributed by atoms with Gasteiger partial charge in [0.2, 0.25) is 5.91 Å². The van der Waals surface area contributed by atoms with Gasteiger partial charge in [0.1, 0.15) is 0 Å². The van der Waals surface area contributed by atoms with E-state index in [1.807, 2.05) is 19.1 Å². The molecule has 1 aromatic rings. The number of nitrogens with two attached hydrogens (primary N) is 1. The molecule has 0 aromatic heterocycles. The van der Waals surface area contributed by atoms with E-state index in [9.17, 15) is 4.79 Å². The van der Waals surface area contributed by atoms with Crippen molar-refractivity contribution in [3.63, 3.8) is 0 Å². The molecular weight excluding hydrogens is 274 g/mol. The third-order valence-corrected chi connectivity index (χ3v) is 4.18. The molecule has 3 N–H and O–H groups in total. The normalized spacial score (nSPS) is 23.6. The molecule has 0 spiro atoms. The Kier molecular flexibility index (Phi) is 5.02. The van der Waals surface area contributed by atoms with Crippen LogP contribution in [0.3, 0.4) is 0 Å². The minimum Gasteiger partial charge on any atom is -0.326 e. The van der Waals surface area contributed by atoms with Crippen molar-refractivity contribution in [3.05, 3.63) is 28.8 Å². The molecule has 2 atom stereocenters. The third-order valence-electron chi connectivity index (χ3n) is 3.94. The van der Waals surface area contributed by atoms with Crippen LogP contribution in [0.2, 0.25) is 5.02 Å². The second kappa shape index (κ2) is 6.57. The molecule has 1 fully saturated rings. The number of nitrogens with zero attached hydrogens (tertiary/aromatic N) is 1. The topological polar surface area (TPSA) is 58.4 Å². The Bertz CT molecular complexity index is 492. The Morgan fingerprint density at radius 3 is 3.00 bits per heavy atom. The number of benzene rings is 1. The fraction of sp³-hybridized carbons (Fsp3) is 0.533. The van der Waals surface area contributed by atoms with E-state index in [-0.39, 0.29) is 11.9 Å². The van der Waals surface area contributed by atoms with Gasteiger partial charge >= 0.3 is 0 Å². The Balaban J connectivity index is 1.91. The minimum absolute atomic E-state index is 0.0166. The van der Waals surface area contributed by atoms with Gasteiger partial charge in [-0.05, 0) is 43.5 Å². The van der Waals surface area contributed by atoms with E-state index < -0.39 is 0 Å². The maximum atomic E-state index is 12.1. The van der Waals surface area contributed by atoms with E-state index in [1.165, 1.54) is 0 Å². The molecule has 110 valence electrons. The van der Waals surface area contributed by atoms with E-state index in [0.29, 0.717) is 17.5 Å². The number of rotatable bonds is 3. The summed E-state index contributed by atoms with van der Waals surface area (Å²) in [6.45, 7) is 6.20. The molecule has 2 rings (SSSR count). The molecule has 5 heteroatoms. The number of carbonyl (C=O) groups is 1. The van der Waals surface area contributed by atoms with Gasteiger partial charge in [-0.3, -0.25) is 9.69 Å². The minimum atomic E-state index is -0.0166. The predicted octanol–water partition coefficient (Wildman–Crippen LogP) is 2.26. The van der Waals surface area contributed by atoms with E-state index in [1.54, 1.807) is 6.07 Å². The van der Waals surface area contributed by atoms with Gasteiger partial charge in [-0.1, -0.05) is 24.6 Å². The van der Waals surface area contributed by atoms with Gasteiger partial charge in [0, 0.05) is 23.3 Å². The van der Waals surface area contributed by atoms with Crippen molar-refractivity contribution in [2.75, 3.05) is 25.0 Å². The first-order valence-electron chi connectivity index (χ1n) is 6.99. The molecule has 1 aliphatic heterocycles. The Labute approximate surface area is 125 Å².